The molecule has 1 saturated heterocycles. The lowest BCUT2D eigenvalue weighted by molar-refractivity contribution is 0.125. The Morgan fingerprint density at radius 3 is 2.84 bits per heavy atom. The highest BCUT2D eigenvalue weighted by Crippen LogP contribution is 2.31. The van der Waals surface area contributed by atoms with Crippen molar-refractivity contribution in [1.82, 2.24) is 24.7 Å². The van der Waals surface area contributed by atoms with Crippen LogP contribution < -0.4 is 0 Å². The van der Waals surface area contributed by atoms with Gasteiger partial charge in [0.2, 0.25) is 0 Å². The maximum atomic E-state index is 6.57. The molecule has 1 atom stereocenters. The Labute approximate surface area is 154 Å². The maximum Gasteiger partial charge on any atom is 0.134 e. The lowest BCUT2D eigenvalue weighted by Gasteiger charge is -2.36. The molecule has 1 fully saturated rings. The summed E-state index contributed by atoms with van der Waals surface area (Å²) in [4.78, 5) is 4.82. The van der Waals surface area contributed by atoms with Crippen LogP contribution in [-0.2, 0) is 13.6 Å². The second kappa shape index (κ2) is 7.89. The number of rotatable bonds is 6. The Hall–Kier alpha value is -1.37. The average Bonchev–Trinajstić information content (AvgIpc) is 3.12. The fraction of sp³-hybridized carbons (Fsp3) is 0.667. The molecular formula is C18H28ClN5O. The molecule has 0 amide bonds. The SMILES string of the molecule is Cc1cc(-c2nn(C)c(Cl)c2CN2CCCC[C@H]2CCN(C)C)no1. The van der Waals surface area contributed by atoms with Gasteiger partial charge in [-0.1, -0.05) is 23.2 Å². The molecule has 2 aromatic rings. The summed E-state index contributed by atoms with van der Waals surface area (Å²) in [6, 6.07) is 2.52. The van der Waals surface area contributed by atoms with Crippen LogP contribution in [0.25, 0.3) is 11.4 Å². The number of aromatic nitrogens is 3. The van der Waals surface area contributed by atoms with Gasteiger partial charge in [-0.25, -0.2) is 0 Å². The van der Waals surface area contributed by atoms with Crippen LogP contribution in [0.2, 0.25) is 5.15 Å². The van der Waals surface area contributed by atoms with Crippen molar-refractivity contribution < 1.29 is 4.52 Å². The average molecular weight is 366 g/mol. The minimum absolute atomic E-state index is 0.597. The molecule has 3 rings (SSSR count). The first kappa shape index (κ1) is 18.4. The van der Waals surface area contributed by atoms with E-state index >= 15 is 0 Å². The van der Waals surface area contributed by atoms with Crippen LogP contribution >= 0.6 is 11.6 Å². The summed E-state index contributed by atoms with van der Waals surface area (Å²) in [5.74, 6) is 0.782. The third-order valence-corrected chi connectivity index (χ3v) is 5.43. The Bertz CT molecular complexity index is 708. The number of hydrogen-bond acceptors (Lipinski definition) is 5. The third-order valence-electron chi connectivity index (χ3n) is 4.96. The van der Waals surface area contributed by atoms with Gasteiger partial charge in [0.25, 0.3) is 0 Å². The van der Waals surface area contributed by atoms with Crippen molar-refractivity contribution in [1.29, 1.82) is 0 Å². The maximum absolute atomic E-state index is 6.57. The molecule has 0 bridgehead atoms. The zero-order valence-electron chi connectivity index (χ0n) is 15.6. The molecule has 0 radical (unpaired) electrons. The first-order valence-corrected chi connectivity index (χ1v) is 9.37. The molecule has 0 spiro atoms. The number of halogens is 1. The van der Waals surface area contributed by atoms with Crippen molar-refractivity contribution in [2.75, 3.05) is 27.2 Å². The molecule has 0 aliphatic carbocycles. The van der Waals surface area contributed by atoms with E-state index in [4.69, 9.17) is 16.1 Å². The number of nitrogens with zero attached hydrogens (tertiary/aromatic N) is 5. The van der Waals surface area contributed by atoms with Crippen LogP contribution in [0.5, 0.6) is 0 Å². The Balaban J connectivity index is 1.83. The van der Waals surface area contributed by atoms with Gasteiger partial charge in [-0.05, 0) is 53.4 Å². The van der Waals surface area contributed by atoms with E-state index in [9.17, 15) is 0 Å². The van der Waals surface area contributed by atoms with Crippen molar-refractivity contribution >= 4 is 11.6 Å². The van der Waals surface area contributed by atoms with Gasteiger partial charge in [-0.3, -0.25) is 9.58 Å². The molecule has 138 valence electrons. The van der Waals surface area contributed by atoms with E-state index in [0.29, 0.717) is 11.2 Å². The molecule has 0 unspecified atom stereocenters. The topological polar surface area (TPSA) is 50.3 Å². The smallest absolute Gasteiger partial charge is 0.134 e. The summed E-state index contributed by atoms with van der Waals surface area (Å²) in [6.07, 6.45) is 4.99. The number of piperidine rings is 1. The third kappa shape index (κ3) is 4.25. The fourth-order valence-corrected chi connectivity index (χ4v) is 3.76. The predicted octanol–water partition coefficient (Wildman–Crippen LogP) is 3.34. The molecule has 0 aromatic carbocycles. The Morgan fingerprint density at radius 1 is 1.36 bits per heavy atom. The summed E-state index contributed by atoms with van der Waals surface area (Å²) in [5, 5.41) is 9.41. The van der Waals surface area contributed by atoms with E-state index in [2.05, 4.69) is 34.2 Å². The second-order valence-electron chi connectivity index (χ2n) is 7.28. The molecule has 1 aliphatic heterocycles. The van der Waals surface area contributed by atoms with E-state index in [1.54, 1.807) is 4.68 Å². The van der Waals surface area contributed by atoms with Crippen LogP contribution in [0.3, 0.4) is 0 Å². The first-order chi connectivity index (χ1) is 12.0. The van der Waals surface area contributed by atoms with Crippen LogP contribution in [0.15, 0.2) is 10.6 Å². The van der Waals surface area contributed by atoms with E-state index in [-0.39, 0.29) is 0 Å². The summed E-state index contributed by atoms with van der Waals surface area (Å²) < 4.78 is 6.97. The minimum Gasteiger partial charge on any atom is -0.361 e. The van der Waals surface area contributed by atoms with Gasteiger partial charge in [0, 0.05) is 31.3 Å². The molecule has 0 saturated carbocycles. The van der Waals surface area contributed by atoms with Gasteiger partial charge in [0.1, 0.15) is 22.3 Å². The van der Waals surface area contributed by atoms with Crippen LogP contribution in [0, 0.1) is 6.92 Å². The van der Waals surface area contributed by atoms with Gasteiger partial charge < -0.3 is 9.42 Å². The van der Waals surface area contributed by atoms with E-state index in [1.165, 1.54) is 25.7 Å². The van der Waals surface area contributed by atoms with Crippen LogP contribution in [0.1, 0.15) is 37.0 Å². The lowest BCUT2D eigenvalue weighted by atomic mass is 9.98. The Morgan fingerprint density at radius 2 is 2.16 bits per heavy atom. The van der Waals surface area contributed by atoms with Crippen molar-refractivity contribution in [3.05, 3.63) is 22.5 Å². The summed E-state index contributed by atoms with van der Waals surface area (Å²) in [6.45, 7) is 4.92. The first-order valence-electron chi connectivity index (χ1n) is 8.99. The van der Waals surface area contributed by atoms with Gasteiger partial charge >= 0.3 is 0 Å². The van der Waals surface area contributed by atoms with E-state index in [1.807, 2.05) is 20.0 Å². The van der Waals surface area contributed by atoms with Crippen molar-refractivity contribution in [2.24, 2.45) is 7.05 Å². The predicted molar refractivity (Wildman–Crippen MR) is 99.7 cm³/mol. The quantitative estimate of drug-likeness (QED) is 0.785. The number of aryl methyl sites for hydroxylation is 2. The highest BCUT2D eigenvalue weighted by molar-refractivity contribution is 6.30. The van der Waals surface area contributed by atoms with Gasteiger partial charge in [-0.2, -0.15) is 5.10 Å². The zero-order valence-corrected chi connectivity index (χ0v) is 16.4. The summed E-state index contributed by atoms with van der Waals surface area (Å²) in [7, 11) is 6.15. The van der Waals surface area contributed by atoms with Gasteiger partial charge in [0.05, 0.1) is 0 Å². The number of hydrogen-bond donors (Lipinski definition) is 0. The van der Waals surface area contributed by atoms with Crippen LogP contribution in [-0.4, -0.2) is 58.0 Å². The summed E-state index contributed by atoms with van der Waals surface area (Å²) in [5.41, 5.74) is 2.65. The highest BCUT2D eigenvalue weighted by atomic mass is 35.5. The van der Waals surface area contributed by atoms with Crippen molar-refractivity contribution in [3.8, 4) is 11.4 Å². The number of likely N-dealkylation sites (tertiary alicyclic amines) is 1. The van der Waals surface area contributed by atoms with E-state index < -0.39 is 0 Å². The largest absolute Gasteiger partial charge is 0.361 e. The molecule has 6 nitrogen and oxygen atoms in total. The molecule has 2 aromatic heterocycles. The Kier molecular flexibility index (Phi) is 5.81. The van der Waals surface area contributed by atoms with Gasteiger partial charge in [0.15, 0.2) is 0 Å². The molecule has 1 aliphatic rings. The molecule has 0 N–H and O–H groups in total. The lowest BCUT2D eigenvalue weighted by Crippen LogP contribution is -2.40. The van der Waals surface area contributed by atoms with Gasteiger partial charge in [-0.15, -0.1) is 0 Å². The zero-order chi connectivity index (χ0) is 18.0. The summed E-state index contributed by atoms with van der Waals surface area (Å²) >= 11 is 6.57. The van der Waals surface area contributed by atoms with E-state index in [0.717, 1.165) is 42.3 Å². The normalized spacial score (nSPS) is 19.0. The monoisotopic (exact) mass is 365 g/mol. The second-order valence-corrected chi connectivity index (χ2v) is 7.63. The van der Waals surface area contributed by atoms with Crippen LogP contribution in [0.4, 0.5) is 0 Å². The minimum atomic E-state index is 0.597. The highest BCUT2D eigenvalue weighted by Gasteiger charge is 2.27. The molecule has 25 heavy (non-hydrogen) atoms. The fourth-order valence-electron chi connectivity index (χ4n) is 3.58. The standard InChI is InChI=1S/C18H28ClN5O/c1-13-11-16(21-25-13)17-15(18(19)23(4)20-17)12-24-9-6-5-7-14(24)8-10-22(2)3/h11,14H,5-10,12H2,1-4H3/t14-/m0/s1. The molecular weight excluding hydrogens is 338 g/mol. The molecule has 7 heteroatoms. The van der Waals surface area contributed by atoms with Crippen molar-refractivity contribution in [3.63, 3.8) is 0 Å². The molecule has 3 heterocycles. The van der Waals surface area contributed by atoms with Crippen molar-refractivity contribution in [2.45, 2.75) is 45.2 Å².